The fourth-order valence-corrected chi connectivity index (χ4v) is 2.50. The Labute approximate surface area is 114 Å². The molecular formula is C17H19NO. The molecule has 1 aliphatic rings. The van der Waals surface area contributed by atoms with E-state index in [1.54, 1.807) is 6.20 Å². The van der Waals surface area contributed by atoms with Gasteiger partial charge in [-0.15, -0.1) is 0 Å². The summed E-state index contributed by atoms with van der Waals surface area (Å²) in [5.74, 6) is 0.740. The highest BCUT2D eigenvalue weighted by Gasteiger charge is 2.19. The minimum absolute atomic E-state index is 0.629. The number of aliphatic hydroxyl groups excluding tert-OH is 1. The van der Waals surface area contributed by atoms with Gasteiger partial charge in [0.25, 0.3) is 0 Å². The van der Waals surface area contributed by atoms with Gasteiger partial charge in [0, 0.05) is 6.20 Å². The van der Waals surface area contributed by atoms with Gasteiger partial charge < -0.3 is 5.11 Å². The van der Waals surface area contributed by atoms with E-state index in [-0.39, 0.29) is 0 Å². The predicted octanol–water partition coefficient (Wildman–Crippen LogP) is 3.74. The highest BCUT2D eigenvalue weighted by molar-refractivity contribution is 5.31. The molecule has 1 unspecified atom stereocenters. The van der Waals surface area contributed by atoms with Crippen molar-refractivity contribution in [3.05, 3.63) is 65.0 Å². The van der Waals surface area contributed by atoms with E-state index >= 15 is 0 Å². The highest BCUT2D eigenvalue weighted by atomic mass is 16.3. The first-order valence-corrected chi connectivity index (χ1v) is 6.94. The molecule has 1 atom stereocenters. The molecule has 98 valence electrons. The van der Waals surface area contributed by atoms with Crippen LogP contribution in [-0.2, 0) is 0 Å². The van der Waals surface area contributed by atoms with Crippen LogP contribution in [0.4, 0.5) is 0 Å². The van der Waals surface area contributed by atoms with Crippen molar-refractivity contribution in [1.29, 1.82) is 0 Å². The molecule has 0 amide bonds. The summed E-state index contributed by atoms with van der Waals surface area (Å²) >= 11 is 0. The SMILES string of the molecule is Cc1ccc(C(O)c2ccc(C3CCC3)cc2)nc1. The smallest absolute Gasteiger partial charge is 0.121 e. The van der Waals surface area contributed by atoms with Crippen molar-refractivity contribution in [2.45, 2.75) is 38.2 Å². The lowest BCUT2D eigenvalue weighted by Crippen LogP contribution is -2.09. The van der Waals surface area contributed by atoms with E-state index in [4.69, 9.17) is 0 Å². The van der Waals surface area contributed by atoms with Crippen LogP contribution in [0.5, 0.6) is 0 Å². The van der Waals surface area contributed by atoms with Crippen molar-refractivity contribution in [3.63, 3.8) is 0 Å². The molecule has 2 nitrogen and oxygen atoms in total. The molecule has 2 heteroatoms. The molecule has 3 rings (SSSR count). The first-order chi connectivity index (χ1) is 9.24. The fraction of sp³-hybridized carbons (Fsp3) is 0.353. The standard InChI is InChI=1S/C17H19NO/c1-12-5-10-16(18-11-12)17(19)15-8-6-14(7-9-15)13-3-2-4-13/h5-11,13,17,19H,2-4H2,1H3. The summed E-state index contributed by atoms with van der Waals surface area (Å²) < 4.78 is 0. The van der Waals surface area contributed by atoms with E-state index < -0.39 is 6.10 Å². The van der Waals surface area contributed by atoms with Gasteiger partial charge in [-0.2, -0.15) is 0 Å². The Kier molecular flexibility index (Phi) is 3.34. The molecule has 1 aliphatic carbocycles. The molecular weight excluding hydrogens is 234 g/mol. The summed E-state index contributed by atoms with van der Waals surface area (Å²) in [5, 5.41) is 10.3. The molecule has 0 aliphatic heterocycles. The lowest BCUT2D eigenvalue weighted by atomic mass is 9.80. The monoisotopic (exact) mass is 253 g/mol. The Balaban J connectivity index is 1.79. The number of aromatic nitrogens is 1. The Morgan fingerprint density at radius 2 is 1.84 bits per heavy atom. The third kappa shape index (κ3) is 2.54. The minimum atomic E-state index is -0.629. The van der Waals surface area contributed by atoms with Crippen molar-refractivity contribution in [3.8, 4) is 0 Å². The Morgan fingerprint density at radius 3 is 2.37 bits per heavy atom. The lowest BCUT2D eigenvalue weighted by molar-refractivity contribution is 0.215. The Bertz CT molecular complexity index is 540. The van der Waals surface area contributed by atoms with E-state index in [0.29, 0.717) is 5.69 Å². The average Bonchev–Trinajstić information content (AvgIpc) is 2.38. The van der Waals surface area contributed by atoms with Crippen LogP contribution in [0.3, 0.4) is 0 Å². The topological polar surface area (TPSA) is 33.1 Å². The first kappa shape index (κ1) is 12.4. The van der Waals surface area contributed by atoms with Crippen LogP contribution in [0.1, 0.15) is 53.7 Å². The lowest BCUT2D eigenvalue weighted by Gasteiger charge is -2.26. The molecule has 1 heterocycles. The molecule has 0 saturated heterocycles. The van der Waals surface area contributed by atoms with Gasteiger partial charge in [0.1, 0.15) is 6.10 Å². The number of hydrogen-bond acceptors (Lipinski definition) is 2. The van der Waals surface area contributed by atoms with E-state index in [1.165, 1.54) is 24.8 Å². The second-order valence-electron chi connectivity index (χ2n) is 5.46. The van der Waals surface area contributed by atoms with E-state index in [2.05, 4.69) is 17.1 Å². The molecule has 1 fully saturated rings. The van der Waals surface area contributed by atoms with Gasteiger partial charge in [-0.25, -0.2) is 0 Å². The van der Waals surface area contributed by atoms with Crippen LogP contribution in [-0.4, -0.2) is 10.1 Å². The molecule has 0 spiro atoms. The van der Waals surface area contributed by atoms with Gasteiger partial charge in [-0.05, 0) is 48.4 Å². The first-order valence-electron chi connectivity index (χ1n) is 6.94. The van der Waals surface area contributed by atoms with E-state index in [9.17, 15) is 5.11 Å². The fourth-order valence-electron chi connectivity index (χ4n) is 2.50. The third-order valence-corrected chi connectivity index (χ3v) is 4.04. The second-order valence-corrected chi connectivity index (χ2v) is 5.46. The summed E-state index contributed by atoms with van der Waals surface area (Å²) in [6.45, 7) is 2.00. The quantitative estimate of drug-likeness (QED) is 0.904. The molecule has 2 aromatic rings. The maximum Gasteiger partial charge on any atom is 0.121 e. The third-order valence-electron chi connectivity index (χ3n) is 4.04. The summed E-state index contributed by atoms with van der Waals surface area (Å²) in [7, 11) is 0. The minimum Gasteiger partial charge on any atom is -0.382 e. The zero-order valence-corrected chi connectivity index (χ0v) is 11.2. The molecule has 0 bridgehead atoms. The average molecular weight is 253 g/mol. The van der Waals surface area contributed by atoms with Gasteiger partial charge >= 0.3 is 0 Å². The Morgan fingerprint density at radius 1 is 1.11 bits per heavy atom. The zero-order valence-electron chi connectivity index (χ0n) is 11.2. The van der Waals surface area contributed by atoms with Crippen LogP contribution >= 0.6 is 0 Å². The predicted molar refractivity (Wildman–Crippen MR) is 76.1 cm³/mol. The van der Waals surface area contributed by atoms with Crippen LogP contribution in [0.25, 0.3) is 0 Å². The summed E-state index contributed by atoms with van der Waals surface area (Å²) in [4.78, 5) is 4.29. The maximum absolute atomic E-state index is 10.3. The van der Waals surface area contributed by atoms with Gasteiger partial charge in [0.05, 0.1) is 5.69 Å². The summed E-state index contributed by atoms with van der Waals surface area (Å²) in [5.41, 5.74) is 4.14. The van der Waals surface area contributed by atoms with Gasteiger partial charge in [-0.1, -0.05) is 36.8 Å². The number of nitrogens with zero attached hydrogens (tertiary/aromatic N) is 1. The van der Waals surface area contributed by atoms with Gasteiger partial charge in [-0.3, -0.25) is 4.98 Å². The molecule has 1 aromatic carbocycles. The number of pyridine rings is 1. The largest absolute Gasteiger partial charge is 0.382 e. The second kappa shape index (κ2) is 5.14. The van der Waals surface area contributed by atoms with Crippen molar-refractivity contribution in [2.24, 2.45) is 0 Å². The zero-order chi connectivity index (χ0) is 13.2. The summed E-state index contributed by atoms with van der Waals surface area (Å²) in [6.07, 6.45) is 5.13. The van der Waals surface area contributed by atoms with Crippen molar-refractivity contribution in [1.82, 2.24) is 4.98 Å². The van der Waals surface area contributed by atoms with Crippen molar-refractivity contribution >= 4 is 0 Å². The maximum atomic E-state index is 10.3. The molecule has 1 aromatic heterocycles. The molecule has 0 radical (unpaired) electrons. The number of rotatable bonds is 3. The van der Waals surface area contributed by atoms with Crippen molar-refractivity contribution < 1.29 is 5.11 Å². The molecule has 1 N–H and O–H groups in total. The normalized spacial score (nSPS) is 16.9. The van der Waals surface area contributed by atoms with Gasteiger partial charge in [0.2, 0.25) is 0 Å². The number of benzene rings is 1. The van der Waals surface area contributed by atoms with Crippen LogP contribution < -0.4 is 0 Å². The van der Waals surface area contributed by atoms with Crippen LogP contribution in [0, 0.1) is 6.92 Å². The molecule has 19 heavy (non-hydrogen) atoms. The molecule has 1 saturated carbocycles. The summed E-state index contributed by atoms with van der Waals surface area (Å²) in [6, 6.07) is 12.2. The van der Waals surface area contributed by atoms with Crippen molar-refractivity contribution in [2.75, 3.05) is 0 Å². The van der Waals surface area contributed by atoms with Gasteiger partial charge in [0.15, 0.2) is 0 Å². The van der Waals surface area contributed by atoms with E-state index in [0.717, 1.165) is 17.0 Å². The van der Waals surface area contributed by atoms with Crippen LogP contribution in [0.15, 0.2) is 42.6 Å². The van der Waals surface area contributed by atoms with E-state index in [1.807, 2.05) is 31.2 Å². The number of hydrogen-bond donors (Lipinski definition) is 1. The highest BCUT2D eigenvalue weighted by Crippen LogP contribution is 2.36. The van der Waals surface area contributed by atoms with Crippen LogP contribution in [0.2, 0.25) is 0 Å². The number of aliphatic hydroxyl groups is 1. The Hall–Kier alpha value is -1.67. The number of aryl methyl sites for hydroxylation is 1.